The minimum atomic E-state index is 0.254. The molecule has 24 heavy (non-hydrogen) atoms. The lowest BCUT2D eigenvalue weighted by Crippen LogP contribution is -2.16. The van der Waals surface area contributed by atoms with Crippen molar-refractivity contribution in [3.05, 3.63) is 34.4 Å². The maximum absolute atomic E-state index is 2.57. The van der Waals surface area contributed by atoms with Crippen LogP contribution in [0.1, 0.15) is 115 Å². The first-order valence-corrected chi connectivity index (χ1v) is 10.6. The van der Waals surface area contributed by atoms with Crippen molar-refractivity contribution in [1.29, 1.82) is 0 Å². The van der Waals surface area contributed by atoms with Gasteiger partial charge in [0, 0.05) is 0 Å². The van der Waals surface area contributed by atoms with Gasteiger partial charge in [-0.3, -0.25) is 0 Å². The van der Waals surface area contributed by atoms with Crippen molar-refractivity contribution in [2.45, 2.75) is 118 Å². The molecule has 0 aliphatic carbocycles. The Bertz CT molecular complexity index is 462. The van der Waals surface area contributed by atoms with Crippen molar-refractivity contribution in [2.24, 2.45) is 0 Å². The molecule has 0 aliphatic heterocycles. The summed E-state index contributed by atoms with van der Waals surface area (Å²) in [5.41, 5.74) is 6.69. The number of rotatable bonds is 11. The normalized spacial score (nSPS) is 11.9. The van der Waals surface area contributed by atoms with Crippen LogP contribution in [-0.2, 0) is 24.7 Å². The quantitative estimate of drug-likeness (QED) is 0.363. The van der Waals surface area contributed by atoms with E-state index in [0.29, 0.717) is 0 Å². The van der Waals surface area contributed by atoms with Crippen molar-refractivity contribution >= 4 is 0 Å². The van der Waals surface area contributed by atoms with Gasteiger partial charge in [0.1, 0.15) is 0 Å². The van der Waals surface area contributed by atoms with E-state index in [1.165, 1.54) is 70.6 Å². The molecular formula is C24H42. The molecule has 0 spiro atoms. The fourth-order valence-electron chi connectivity index (χ4n) is 3.69. The predicted molar refractivity (Wildman–Crippen MR) is 110 cm³/mol. The number of benzene rings is 1. The molecule has 0 atom stereocenters. The SMILES string of the molecule is CCCCCCc1cc(C(C)(C)C)c(CCCCCC)cc1CC. The van der Waals surface area contributed by atoms with E-state index in [1.807, 2.05) is 0 Å². The van der Waals surface area contributed by atoms with Gasteiger partial charge in [-0.05, 0) is 59.8 Å². The molecule has 0 heteroatoms. The second kappa shape index (κ2) is 11.0. The number of unbranched alkanes of at least 4 members (excludes halogenated alkanes) is 6. The zero-order valence-electron chi connectivity index (χ0n) is 17.4. The smallest absolute Gasteiger partial charge is 0.0129 e. The zero-order valence-corrected chi connectivity index (χ0v) is 17.4. The Labute approximate surface area is 152 Å². The van der Waals surface area contributed by atoms with Crippen LogP contribution in [0.5, 0.6) is 0 Å². The summed E-state index contributed by atoms with van der Waals surface area (Å²) in [5.74, 6) is 0. The molecule has 0 saturated carbocycles. The van der Waals surface area contributed by atoms with Crippen molar-refractivity contribution < 1.29 is 0 Å². The first-order chi connectivity index (χ1) is 11.4. The number of hydrogen-bond acceptors (Lipinski definition) is 0. The summed E-state index contributed by atoms with van der Waals surface area (Å²) in [7, 11) is 0. The van der Waals surface area contributed by atoms with E-state index in [0.717, 1.165) is 0 Å². The first-order valence-electron chi connectivity index (χ1n) is 10.6. The van der Waals surface area contributed by atoms with Crippen LogP contribution in [-0.4, -0.2) is 0 Å². The predicted octanol–water partition coefficient (Wildman–Crippen LogP) is 7.79. The molecule has 1 rings (SSSR count). The molecule has 0 fully saturated rings. The van der Waals surface area contributed by atoms with Gasteiger partial charge in [-0.2, -0.15) is 0 Å². The molecule has 0 unspecified atom stereocenters. The molecule has 1 aromatic rings. The second-order valence-corrected chi connectivity index (χ2v) is 8.50. The average Bonchev–Trinajstić information content (AvgIpc) is 2.54. The van der Waals surface area contributed by atoms with Crippen molar-refractivity contribution in [3.8, 4) is 0 Å². The molecule has 0 heterocycles. The van der Waals surface area contributed by atoms with Gasteiger partial charge in [0.2, 0.25) is 0 Å². The molecule has 0 amide bonds. The Hall–Kier alpha value is -0.780. The van der Waals surface area contributed by atoms with Crippen LogP contribution >= 0.6 is 0 Å². The summed E-state index contributed by atoms with van der Waals surface area (Å²) in [6.45, 7) is 14.0. The summed E-state index contributed by atoms with van der Waals surface area (Å²) >= 11 is 0. The highest BCUT2D eigenvalue weighted by molar-refractivity contribution is 5.42. The lowest BCUT2D eigenvalue weighted by atomic mass is 9.79. The van der Waals surface area contributed by atoms with Crippen LogP contribution in [0.2, 0.25) is 0 Å². The Balaban J connectivity index is 2.96. The van der Waals surface area contributed by atoms with E-state index in [2.05, 4.69) is 53.7 Å². The molecule has 0 bridgehead atoms. The van der Waals surface area contributed by atoms with Crippen LogP contribution in [0.4, 0.5) is 0 Å². The largest absolute Gasteiger partial charge is 0.0654 e. The van der Waals surface area contributed by atoms with Gasteiger partial charge in [-0.15, -0.1) is 0 Å². The Kier molecular flexibility index (Phi) is 9.71. The van der Waals surface area contributed by atoms with Gasteiger partial charge < -0.3 is 0 Å². The standard InChI is InChI=1S/C24H42/c1-7-10-12-14-16-21-19-23(24(4,5)6)22(18-20(21)9-3)17-15-13-11-8-2/h18-19H,7-17H2,1-6H3. The molecule has 138 valence electrons. The van der Waals surface area contributed by atoms with E-state index in [-0.39, 0.29) is 5.41 Å². The average molecular weight is 331 g/mol. The van der Waals surface area contributed by atoms with Gasteiger partial charge in [0.15, 0.2) is 0 Å². The van der Waals surface area contributed by atoms with Crippen LogP contribution in [0, 0.1) is 0 Å². The van der Waals surface area contributed by atoms with E-state index in [4.69, 9.17) is 0 Å². The maximum atomic E-state index is 2.57. The monoisotopic (exact) mass is 330 g/mol. The fraction of sp³-hybridized carbons (Fsp3) is 0.750. The fourth-order valence-corrected chi connectivity index (χ4v) is 3.69. The number of hydrogen-bond donors (Lipinski definition) is 0. The third kappa shape index (κ3) is 6.99. The Morgan fingerprint density at radius 1 is 0.625 bits per heavy atom. The van der Waals surface area contributed by atoms with Gasteiger partial charge in [0.25, 0.3) is 0 Å². The summed E-state index contributed by atoms with van der Waals surface area (Å²) < 4.78 is 0. The molecule has 0 saturated heterocycles. The topological polar surface area (TPSA) is 0 Å². The van der Waals surface area contributed by atoms with Crippen molar-refractivity contribution in [1.82, 2.24) is 0 Å². The van der Waals surface area contributed by atoms with Crippen LogP contribution < -0.4 is 0 Å². The van der Waals surface area contributed by atoms with E-state index < -0.39 is 0 Å². The van der Waals surface area contributed by atoms with Gasteiger partial charge in [0.05, 0.1) is 0 Å². The van der Waals surface area contributed by atoms with Crippen molar-refractivity contribution in [2.75, 3.05) is 0 Å². The highest BCUT2D eigenvalue weighted by Crippen LogP contribution is 2.31. The molecule has 0 N–H and O–H groups in total. The van der Waals surface area contributed by atoms with Crippen LogP contribution in [0.25, 0.3) is 0 Å². The summed E-state index contributed by atoms with van der Waals surface area (Å²) in [4.78, 5) is 0. The lowest BCUT2D eigenvalue weighted by molar-refractivity contribution is 0.573. The van der Waals surface area contributed by atoms with E-state index in [9.17, 15) is 0 Å². The molecule has 0 nitrogen and oxygen atoms in total. The van der Waals surface area contributed by atoms with Gasteiger partial charge >= 0.3 is 0 Å². The van der Waals surface area contributed by atoms with Crippen LogP contribution in [0.15, 0.2) is 12.1 Å². The zero-order chi connectivity index (χ0) is 18.0. The second-order valence-electron chi connectivity index (χ2n) is 8.50. The Morgan fingerprint density at radius 3 is 1.62 bits per heavy atom. The minimum Gasteiger partial charge on any atom is -0.0654 e. The summed E-state index contributed by atoms with van der Waals surface area (Å²) in [6.07, 6.45) is 14.5. The molecule has 0 aliphatic rings. The van der Waals surface area contributed by atoms with E-state index in [1.54, 1.807) is 22.3 Å². The van der Waals surface area contributed by atoms with Crippen LogP contribution in [0.3, 0.4) is 0 Å². The summed E-state index contributed by atoms with van der Waals surface area (Å²) in [5, 5.41) is 0. The summed E-state index contributed by atoms with van der Waals surface area (Å²) in [6, 6.07) is 5.13. The number of aryl methyl sites for hydroxylation is 3. The molecule has 0 aromatic heterocycles. The molecule has 1 aromatic carbocycles. The van der Waals surface area contributed by atoms with Gasteiger partial charge in [-0.1, -0.05) is 92.2 Å². The van der Waals surface area contributed by atoms with E-state index >= 15 is 0 Å². The maximum Gasteiger partial charge on any atom is -0.0129 e. The van der Waals surface area contributed by atoms with Gasteiger partial charge in [-0.25, -0.2) is 0 Å². The highest BCUT2D eigenvalue weighted by Gasteiger charge is 2.19. The molecule has 0 radical (unpaired) electrons. The van der Waals surface area contributed by atoms with Crippen molar-refractivity contribution in [3.63, 3.8) is 0 Å². The molecular weight excluding hydrogens is 288 g/mol. The first kappa shape index (κ1) is 21.3. The lowest BCUT2D eigenvalue weighted by Gasteiger charge is -2.26. The third-order valence-corrected chi connectivity index (χ3v) is 5.21. The highest BCUT2D eigenvalue weighted by atomic mass is 14.2. The minimum absolute atomic E-state index is 0.254. The third-order valence-electron chi connectivity index (χ3n) is 5.21. The Morgan fingerprint density at radius 2 is 1.17 bits per heavy atom.